The molecule has 1 aliphatic heterocycles. The quantitative estimate of drug-likeness (QED) is 0.503. The molecule has 0 aliphatic carbocycles. The molecular formula is C14H9N7O2S. The Morgan fingerprint density at radius 3 is 3.04 bits per heavy atom. The molecular weight excluding hydrogens is 330 g/mol. The highest BCUT2D eigenvalue weighted by Crippen LogP contribution is 2.41. The summed E-state index contributed by atoms with van der Waals surface area (Å²) in [5.74, 6) is 0.995. The first-order valence-corrected chi connectivity index (χ1v) is 7.95. The molecule has 10 heteroatoms. The van der Waals surface area contributed by atoms with Crippen LogP contribution in [-0.2, 0) is 0 Å². The molecule has 24 heavy (non-hydrogen) atoms. The van der Waals surface area contributed by atoms with Crippen LogP contribution in [0.4, 0.5) is 11.6 Å². The number of thiophene rings is 1. The zero-order valence-electron chi connectivity index (χ0n) is 12.0. The van der Waals surface area contributed by atoms with Gasteiger partial charge in [0.25, 0.3) is 5.56 Å². The summed E-state index contributed by atoms with van der Waals surface area (Å²) in [6, 6.07) is 7.00. The maximum Gasteiger partial charge on any atom is 0.288 e. The number of hydrogen-bond donors (Lipinski definition) is 2. The van der Waals surface area contributed by atoms with E-state index in [0.29, 0.717) is 28.7 Å². The number of fused-ring (bicyclic) bond motifs is 2. The molecule has 0 unspecified atom stereocenters. The first-order valence-electron chi connectivity index (χ1n) is 7.07. The van der Waals surface area contributed by atoms with Crippen LogP contribution < -0.4 is 10.9 Å². The summed E-state index contributed by atoms with van der Waals surface area (Å²) in [4.78, 5) is 13.3. The van der Waals surface area contributed by atoms with Gasteiger partial charge in [-0.05, 0) is 34.0 Å². The summed E-state index contributed by atoms with van der Waals surface area (Å²) >= 11 is 1.53. The summed E-state index contributed by atoms with van der Waals surface area (Å²) in [7, 11) is 0. The molecule has 9 nitrogen and oxygen atoms in total. The smallest absolute Gasteiger partial charge is 0.288 e. The number of H-pyrrole nitrogens is 1. The van der Waals surface area contributed by atoms with Crippen molar-refractivity contribution in [2.45, 2.75) is 6.04 Å². The summed E-state index contributed by atoms with van der Waals surface area (Å²) in [5.41, 5.74) is 1.37. The largest absolute Gasteiger partial charge is 0.467 e. The van der Waals surface area contributed by atoms with Gasteiger partial charge in [-0.25, -0.2) is 5.10 Å². The number of furan rings is 1. The van der Waals surface area contributed by atoms with Crippen LogP contribution in [-0.4, -0.2) is 30.4 Å². The molecule has 0 radical (unpaired) electrons. The Morgan fingerprint density at radius 1 is 1.29 bits per heavy atom. The fraction of sp³-hybridized carbons (Fsp3) is 0.0714. The molecule has 1 aliphatic rings. The van der Waals surface area contributed by atoms with Crippen molar-refractivity contribution >= 4 is 23.0 Å². The number of rotatable bonds is 2. The molecule has 4 aromatic heterocycles. The average Bonchev–Trinajstić information content (AvgIpc) is 3.34. The van der Waals surface area contributed by atoms with Gasteiger partial charge in [-0.3, -0.25) is 4.79 Å². The Morgan fingerprint density at radius 2 is 2.25 bits per heavy atom. The predicted molar refractivity (Wildman–Crippen MR) is 85.2 cm³/mol. The van der Waals surface area contributed by atoms with Gasteiger partial charge in [-0.1, -0.05) is 11.2 Å². The Labute approximate surface area is 137 Å². The van der Waals surface area contributed by atoms with Crippen molar-refractivity contribution in [3.63, 3.8) is 0 Å². The van der Waals surface area contributed by atoms with Crippen LogP contribution in [0.2, 0.25) is 0 Å². The van der Waals surface area contributed by atoms with E-state index in [0.717, 1.165) is 4.88 Å². The molecule has 5 rings (SSSR count). The molecule has 5 heterocycles. The van der Waals surface area contributed by atoms with Gasteiger partial charge >= 0.3 is 0 Å². The lowest BCUT2D eigenvalue weighted by atomic mass is 9.99. The summed E-state index contributed by atoms with van der Waals surface area (Å²) in [6.07, 6.45) is 1.58. The third-order valence-electron chi connectivity index (χ3n) is 3.84. The van der Waals surface area contributed by atoms with E-state index < -0.39 is 6.04 Å². The molecule has 0 fully saturated rings. The number of anilines is 2. The van der Waals surface area contributed by atoms with E-state index in [-0.39, 0.29) is 5.56 Å². The van der Waals surface area contributed by atoms with E-state index in [1.165, 1.54) is 11.3 Å². The molecule has 0 aromatic carbocycles. The van der Waals surface area contributed by atoms with Gasteiger partial charge in [0.05, 0.1) is 11.1 Å². The van der Waals surface area contributed by atoms with Crippen molar-refractivity contribution in [2.75, 3.05) is 5.32 Å². The Bertz CT molecular complexity index is 1070. The number of aromatic amines is 1. The number of nitrogens with zero attached hydrogens (tertiary/aromatic N) is 5. The van der Waals surface area contributed by atoms with Crippen LogP contribution in [0.25, 0.3) is 10.6 Å². The fourth-order valence-electron chi connectivity index (χ4n) is 2.85. The molecule has 1 atom stereocenters. The highest BCUT2D eigenvalue weighted by atomic mass is 32.1. The van der Waals surface area contributed by atoms with E-state index in [2.05, 4.69) is 31.0 Å². The van der Waals surface area contributed by atoms with Crippen molar-refractivity contribution < 1.29 is 4.42 Å². The molecule has 2 N–H and O–H groups in total. The SMILES string of the molecule is O=c1[nH]nc(-c2cccs2)c2c1Nc1nnnn1[C@H]2c1ccco1. The average molecular weight is 339 g/mol. The van der Waals surface area contributed by atoms with Crippen molar-refractivity contribution in [2.24, 2.45) is 0 Å². The third kappa shape index (κ3) is 1.77. The van der Waals surface area contributed by atoms with Crippen LogP contribution in [0.3, 0.4) is 0 Å². The predicted octanol–water partition coefficient (Wildman–Crippen LogP) is 1.77. The minimum atomic E-state index is -0.479. The maximum atomic E-state index is 12.3. The monoisotopic (exact) mass is 339 g/mol. The van der Waals surface area contributed by atoms with E-state index in [9.17, 15) is 4.79 Å². The summed E-state index contributed by atoms with van der Waals surface area (Å²) < 4.78 is 7.17. The second-order valence-corrected chi connectivity index (χ2v) is 6.11. The van der Waals surface area contributed by atoms with Gasteiger partial charge < -0.3 is 9.73 Å². The molecule has 0 saturated carbocycles. The van der Waals surface area contributed by atoms with Crippen molar-refractivity contribution in [3.8, 4) is 10.6 Å². The van der Waals surface area contributed by atoms with Crippen LogP contribution in [0, 0.1) is 0 Å². The lowest BCUT2D eigenvalue weighted by molar-refractivity contribution is 0.435. The minimum absolute atomic E-state index is 0.337. The fourth-order valence-corrected chi connectivity index (χ4v) is 3.58. The lowest BCUT2D eigenvalue weighted by Gasteiger charge is -2.25. The molecule has 0 spiro atoms. The second kappa shape index (κ2) is 4.86. The lowest BCUT2D eigenvalue weighted by Crippen LogP contribution is -2.28. The number of hydrogen-bond acceptors (Lipinski definition) is 8. The first kappa shape index (κ1) is 13.2. The van der Waals surface area contributed by atoms with Gasteiger partial charge in [0.15, 0.2) is 0 Å². The Balaban J connectivity index is 1.86. The number of aromatic nitrogens is 6. The van der Waals surface area contributed by atoms with Gasteiger partial charge in [0, 0.05) is 5.56 Å². The topological polar surface area (TPSA) is 115 Å². The standard InChI is InChI=1S/C14H9N7O2S/c22-13-11-9(10(16-17-13)8-4-2-6-24-8)12(7-3-1-5-23-7)21-14(15-11)18-19-20-21/h1-6,12H,(H,17,22)(H,15,18,20)/t12-/m0/s1. The highest BCUT2D eigenvalue weighted by Gasteiger charge is 2.35. The van der Waals surface area contributed by atoms with E-state index in [1.807, 2.05) is 23.6 Å². The molecule has 0 bridgehead atoms. The summed E-state index contributed by atoms with van der Waals surface area (Å²) in [5, 5.41) is 23.4. The van der Waals surface area contributed by atoms with Crippen LogP contribution >= 0.6 is 11.3 Å². The van der Waals surface area contributed by atoms with Crippen LogP contribution in [0.5, 0.6) is 0 Å². The van der Waals surface area contributed by atoms with Gasteiger partial charge in [0.1, 0.15) is 23.2 Å². The minimum Gasteiger partial charge on any atom is -0.467 e. The van der Waals surface area contributed by atoms with E-state index in [1.54, 1.807) is 17.0 Å². The third-order valence-corrected chi connectivity index (χ3v) is 4.71. The van der Waals surface area contributed by atoms with Crippen LogP contribution in [0.15, 0.2) is 45.1 Å². The summed E-state index contributed by atoms with van der Waals surface area (Å²) in [6.45, 7) is 0. The van der Waals surface area contributed by atoms with Gasteiger partial charge in [0.2, 0.25) is 5.95 Å². The van der Waals surface area contributed by atoms with Crippen molar-refractivity contribution in [1.29, 1.82) is 0 Å². The van der Waals surface area contributed by atoms with Crippen molar-refractivity contribution in [1.82, 2.24) is 30.4 Å². The zero-order valence-corrected chi connectivity index (χ0v) is 12.8. The molecule has 0 amide bonds. The highest BCUT2D eigenvalue weighted by molar-refractivity contribution is 7.13. The molecule has 4 aromatic rings. The van der Waals surface area contributed by atoms with Crippen molar-refractivity contribution in [3.05, 3.63) is 57.6 Å². The second-order valence-electron chi connectivity index (χ2n) is 5.16. The van der Waals surface area contributed by atoms with Crippen LogP contribution in [0.1, 0.15) is 17.4 Å². The normalized spacial score (nSPS) is 15.6. The van der Waals surface area contributed by atoms with E-state index >= 15 is 0 Å². The number of tetrazole rings is 1. The van der Waals surface area contributed by atoms with Gasteiger partial charge in [-0.15, -0.1) is 11.3 Å². The van der Waals surface area contributed by atoms with E-state index in [4.69, 9.17) is 4.42 Å². The zero-order chi connectivity index (χ0) is 16.1. The maximum absolute atomic E-state index is 12.3. The Kier molecular flexibility index (Phi) is 2.67. The Hall–Kier alpha value is -3.27. The molecule has 0 saturated heterocycles. The van der Waals surface area contributed by atoms with Gasteiger partial charge in [-0.2, -0.15) is 9.78 Å². The number of nitrogens with one attached hydrogen (secondary N) is 2. The molecule has 118 valence electrons. The first-order chi connectivity index (χ1) is 11.8.